The van der Waals surface area contributed by atoms with Gasteiger partial charge < -0.3 is 4.90 Å². The predicted molar refractivity (Wildman–Crippen MR) is 89.0 cm³/mol. The highest BCUT2D eigenvalue weighted by molar-refractivity contribution is 6.02. The SMILES string of the molecule is CC(=O)C(C(=O)N(C)C)n1nc(-c2ccc([N+](=O)[O-])cc2)ccc1=O. The molecule has 0 aliphatic heterocycles. The van der Waals surface area contributed by atoms with Gasteiger partial charge in [-0.2, -0.15) is 5.10 Å². The number of amides is 1. The van der Waals surface area contributed by atoms with Crippen molar-refractivity contribution < 1.29 is 14.5 Å². The molecule has 130 valence electrons. The number of nitrogens with zero attached hydrogens (tertiary/aromatic N) is 4. The molecule has 0 radical (unpaired) electrons. The Morgan fingerprint density at radius 1 is 1.16 bits per heavy atom. The zero-order valence-corrected chi connectivity index (χ0v) is 13.9. The van der Waals surface area contributed by atoms with E-state index in [1.165, 1.54) is 62.3 Å². The van der Waals surface area contributed by atoms with Crippen molar-refractivity contribution in [3.8, 4) is 11.3 Å². The van der Waals surface area contributed by atoms with Crippen LogP contribution in [-0.4, -0.2) is 45.4 Å². The predicted octanol–water partition coefficient (Wildman–Crippen LogP) is 1.04. The van der Waals surface area contributed by atoms with Gasteiger partial charge in [-0.1, -0.05) is 0 Å². The van der Waals surface area contributed by atoms with Gasteiger partial charge in [0.15, 0.2) is 11.8 Å². The zero-order chi connectivity index (χ0) is 18.7. The number of carbonyl (C=O) groups is 2. The number of benzene rings is 1. The van der Waals surface area contributed by atoms with Gasteiger partial charge in [-0.3, -0.25) is 24.5 Å². The highest BCUT2D eigenvalue weighted by atomic mass is 16.6. The van der Waals surface area contributed by atoms with Crippen LogP contribution in [0.3, 0.4) is 0 Å². The van der Waals surface area contributed by atoms with E-state index in [-0.39, 0.29) is 5.69 Å². The average Bonchev–Trinajstić information content (AvgIpc) is 2.56. The van der Waals surface area contributed by atoms with Crippen molar-refractivity contribution in [2.24, 2.45) is 0 Å². The third-order valence-electron chi connectivity index (χ3n) is 3.50. The van der Waals surface area contributed by atoms with Crippen LogP contribution in [0.25, 0.3) is 11.3 Å². The molecule has 0 aliphatic rings. The Morgan fingerprint density at radius 3 is 2.24 bits per heavy atom. The Labute approximate surface area is 142 Å². The lowest BCUT2D eigenvalue weighted by Crippen LogP contribution is -2.41. The van der Waals surface area contributed by atoms with Gasteiger partial charge in [0.1, 0.15) is 0 Å². The van der Waals surface area contributed by atoms with Gasteiger partial charge in [-0.15, -0.1) is 0 Å². The van der Waals surface area contributed by atoms with Crippen LogP contribution in [-0.2, 0) is 9.59 Å². The number of hydrogen-bond acceptors (Lipinski definition) is 6. The van der Waals surface area contributed by atoms with E-state index in [4.69, 9.17) is 0 Å². The molecule has 0 aliphatic carbocycles. The number of ketones is 1. The fraction of sp³-hybridized carbons (Fsp3) is 0.250. The summed E-state index contributed by atoms with van der Waals surface area (Å²) in [6.45, 7) is 1.21. The Hall–Kier alpha value is -3.36. The summed E-state index contributed by atoms with van der Waals surface area (Å²) in [6.07, 6.45) is 0. The topological polar surface area (TPSA) is 115 Å². The minimum absolute atomic E-state index is 0.0820. The number of hydrogen-bond donors (Lipinski definition) is 0. The van der Waals surface area contributed by atoms with E-state index in [0.717, 1.165) is 4.68 Å². The molecule has 1 aromatic heterocycles. The standard InChI is InChI=1S/C16H16N4O5/c1-10(21)15(16(23)18(2)3)19-14(22)9-8-13(17-19)11-4-6-12(7-5-11)20(24)25/h4-9,15H,1-3H3. The Bertz CT molecular complexity index is 886. The molecule has 9 heteroatoms. The number of Topliss-reactive ketones (excluding diaryl/α,β-unsaturated/α-hetero) is 1. The molecular weight excluding hydrogens is 328 g/mol. The van der Waals surface area contributed by atoms with Gasteiger partial charge in [0.25, 0.3) is 17.2 Å². The molecule has 1 aromatic carbocycles. The van der Waals surface area contributed by atoms with Crippen molar-refractivity contribution in [1.82, 2.24) is 14.7 Å². The van der Waals surface area contributed by atoms with Gasteiger partial charge in [-0.05, 0) is 25.1 Å². The summed E-state index contributed by atoms with van der Waals surface area (Å²) in [4.78, 5) is 47.6. The summed E-state index contributed by atoms with van der Waals surface area (Å²) in [5.74, 6) is -1.09. The molecule has 0 N–H and O–H groups in total. The molecule has 2 rings (SSSR count). The van der Waals surface area contributed by atoms with Crippen LogP contribution in [0.4, 0.5) is 5.69 Å². The zero-order valence-electron chi connectivity index (χ0n) is 13.9. The molecule has 0 bridgehead atoms. The van der Waals surface area contributed by atoms with Crippen molar-refractivity contribution >= 4 is 17.4 Å². The number of carbonyl (C=O) groups excluding carboxylic acids is 2. The molecular formula is C16H16N4O5. The smallest absolute Gasteiger partial charge is 0.269 e. The second-order valence-electron chi connectivity index (χ2n) is 5.55. The number of likely N-dealkylation sites (N-methyl/N-ethyl adjacent to an activating group) is 1. The first-order valence-electron chi connectivity index (χ1n) is 7.28. The van der Waals surface area contributed by atoms with Crippen LogP contribution in [0.1, 0.15) is 13.0 Å². The minimum atomic E-state index is -1.36. The number of nitro groups is 1. The van der Waals surface area contributed by atoms with Crippen LogP contribution < -0.4 is 5.56 Å². The maximum Gasteiger partial charge on any atom is 0.269 e. The van der Waals surface area contributed by atoms with E-state index in [1.807, 2.05) is 0 Å². The van der Waals surface area contributed by atoms with Gasteiger partial charge in [0.2, 0.25) is 0 Å². The summed E-state index contributed by atoms with van der Waals surface area (Å²) in [7, 11) is 2.95. The number of rotatable bonds is 5. The van der Waals surface area contributed by atoms with Gasteiger partial charge in [0.05, 0.1) is 10.6 Å². The fourth-order valence-electron chi connectivity index (χ4n) is 2.21. The third kappa shape index (κ3) is 3.77. The normalized spacial score (nSPS) is 11.6. The molecule has 1 heterocycles. The van der Waals surface area contributed by atoms with Crippen LogP contribution >= 0.6 is 0 Å². The van der Waals surface area contributed by atoms with Crippen LogP contribution in [0, 0.1) is 10.1 Å². The average molecular weight is 344 g/mol. The lowest BCUT2D eigenvalue weighted by atomic mass is 10.1. The van der Waals surface area contributed by atoms with Crippen molar-refractivity contribution in [3.63, 3.8) is 0 Å². The molecule has 0 fully saturated rings. The number of aromatic nitrogens is 2. The fourth-order valence-corrected chi connectivity index (χ4v) is 2.21. The van der Waals surface area contributed by atoms with Crippen LogP contribution in [0.2, 0.25) is 0 Å². The molecule has 25 heavy (non-hydrogen) atoms. The second kappa shape index (κ2) is 7.04. The Kier molecular flexibility index (Phi) is 5.06. The van der Waals surface area contributed by atoms with Gasteiger partial charge in [-0.25, -0.2) is 4.68 Å². The summed E-state index contributed by atoms with van der Waals surface area (Å²) in [6, 6.07) is 6.83. The largest absolute Gasteiger partial charge is 0.347 e. The molecule has 0 saturated heterocycles. The summed E-state index contributed by atoms with van der Waals surface area (Å²) in [5, 5.41) is 14.8. The van der Waals surface area contributed by atoms with E-state index in [0.29, 0.717) is 11.3 Å². The monoisotopic (exact) mass is 344 g/mol. The van der Waals surface area contributed by atoms with Crippen LogP contribution in [0.15, 0.2) is 41.2 Å². The van der Waals surface area contributed by atoms with E-state index in [9.17, 15) is 24.5 Å². The molecule has 0 saturated carbocycles. The first-order valence-corrected chi connectivity index (χ1v) is 7.28. The summed E-state index contributed by atoms with van der Waals surface area (Å²) < 4.78 is 0.835. The first-order chi connectivity index (χ1) is 11.7. The Balaban J connectivity index is 2.52. The van der Waals surface area contributed by atoms with E-state index >= 15 is 0 Å². The second-order valence-corrected chi connectivity index (χ2v) is 5.55. The van der Waals surface area contributed by atoms with Gasteiger partial charge >= 0.3 is 0 Å². The van der Waals surface area contributed by atoms with E-state index < -0.39 is 28.2 Å². The first kappa shape index (κ1) is 18.0. The summed E-state index contributed by atoms with van der Waals surface area (Å²) >= 11 is 0. The van der Waals surface area contributed by atoms with E-state index in [1.54, 1.807) is 0 Å². The molecule has 0 spiro atoms. The van der Waals surface area contributed by atoms with Crippen molar-refractivity contribution in [3.05, 3.63) is 56.9 Å². The highest BCUT2D eigenvalue weighted by Crippen LogP contribution is 2.20. The van der Waals surface area contributed by atoms with Crippen molar-refractivity contribution in [2.45, 2.75) is 13.0 Å². The molecule has 2 aromatic rings. The van der Waals surface area contributed by atoms with Crippen molar-refractivity contribution in [2.75, 3.05) is 14.1 Å². The molecule has 1 atom stereocenters. The highest BCUT2D eigenvalue weighted by Gasteiger charge is 2.29. The van der Waals surface area contributed by atoms with Gasteiger partial charge in [0, 0.05) is 37.9 Å². The lowest BCUT2D eigenvalue weighted by Gasteiger charge is -2.19. The summed E-state index contributed by atoms with van der Waals surface area (Å²) in [5.41, 5.74) is 0.147. The lowest BCUT2D eigenvalue weighted by molar-refractivity contribution is -0.384. The minimum Gasteiger partial charge on any atom is -0.347 e. The van der Waals surface area contributed by atoms with Crippen LogP contribution in [0.5, 0.6) is 0 Å². The van der Waals surface area contributed by atoms with Crippen molar-refractivity contribution in [1.29, 1.82) is 0 Å². The number of nitro benzene ring substituents is 1. The third-order valence-corrected chi connectivity index (χ3v) is 3.50. The molecule has 1 unspecified atom stereocenters. The number of non-ortho nitro benzene ring substituents is 1. The maximum atomic E-state index is 12.2. The molecule has 1 amide bonds. The quantitative estimate of drug-likeness (QED) is 0.454. The van der Waals surface area contributed by atoms with E-state index in [2.05, 4.69) is 5.10 Å². The Morgan fingerprint density at radius 2 is 1.76 bits per heavy atom. The maximum absolute atomic E-state index is 12.2. The molecule has 9 nitrogen and oxygen atoms in total.